The van der Waals surface area contributed by atoms with Gasteiger partial charge in [-0.2, -0.15) is 0 Å². The molecule has 2 aromatic rings. The molecule has 2 N–H and O–H groups in total. The van der Waals surface area contributed by atoms with Gasteiger partial charge in [0, 0.05) is 50.2 Å². The number of carbonyl (C=O) groups is 3. The molecular weight excluding hydrogens is 428 g/mol. The van der Waals surface area contributed by atoms with Crippen molar-refractivity contribution in [1.82, 2.24) is 4.90 Å². The summed E-state index contributed by atoms with van der Waals surface area (Å²) in [5, 5.41) is 16.7. The van der Waals surface area contributed by atoms with Crippen molar-refractivity contribution >= 4 is 40.4 Å². The maximum absolute atomic E-state index is 13.2. The summed E-state index contributed by atoms with van der Waals surface area (Å²) in [5.74, 6) is -1.18. The smallest absolute Gasteiger partial charge is 0.278 e. The zero-order valence-corrected chi connectivity index (χ0v) is 18.3. The monoisotopic (exact) mass is 452 g/mol. The highest BCUT2D eigenvalue weighted by atomic mass is 16.6. The Labute approximate surface area is 190 Å². The number of hydrogen-bond donors (Lipinski definition) is 2. The molecule has 0 bridgehead atoms. The van der Waals surface area contributed by atoms with Crippen LogP contribution in [-0.2, 0) is 19.1 Å². The van der Waals surface area contributed by atoms with Crippen molar-refractivity contribution in [3.05, 3.63) is 69.9 Å². The number of amides is 3. The standard InChI is InChI=1S/C23H24N4O6/c1-3-33-14-4-13-26-22(29)20(16-5-11-19(12-6-16)27(31)32)21(23(26)30)25-18-9-7-17(8-10-18)24-15(2)28/h5-12,25H,3-4,13-14H2,1-2H3,(H,24,28). The summed E-state index contributed by atoms with van der Waals surface area (Å²) in [6, 6.07) is 12.1. The van der Waals surface area contributed by atoms with Crippen LogP contribution in [0.25, 0.3) is 5.57 Å². The summed E-state index contributed by atoms with van der Waals surface area (Å²) in [6.07, 6.45) is 0.484. The molecule has 10 nitrogen and oxygen atoms in total. The molecule has 0 aromatic heterocycles. The summed E-state index contributed by atoms with van der Waals surface area (Å²) in [4.78, 5) is 49.1. The number of nitrogens with zero attached hydrogens (tertiary/aromatic N) is 2. The second kappa shape index (κ2) is 10.5. The lowest BCUT2D eigenvalue weighted by molar-refractivity contribution is -0.384. The van der Waals surface area contributed by atoms with E-state index in [1.165, 1.54) is 31.2 Å². The first-order valence-corrected chi connectivity index (χ1v) is 10.4. The molecule has 0 saturated carbocycles. The lowest BCUT2D eigenvalue weighted by atomic mass is 10.0. The SMILES string of the molecule is CCOCCCN1C(=O)C(Nc2ccc(NC(C)=O)cc2)=C(c2ccc([N+](=O)[O-])cc2)C1=O. The predicted molar refractivity (Wildman–Crippen MR) is 122 cm³/mol. The number of non-ortho nitro benzene ring substituents is 1. The van der Waals surface area contributed by atoms with Gasteiger partial charge in [0.25, 0.3) is 17.5 Å². The second-order valence-corrected chi connectivity index (χ2v) is 7.25. The zero-order chi connectivity index (χ0) is 24.0. The topological polar surface area (TPSA) is 131 Å². The highest BCUT2D eigenvalue weighted by Crippen LogP contribution is 2.31. The molecule has 1 aliphatic rings. The van der Waals surface area contributed by atoms with Crippen LogP contribution in [0.2, 0.25) is 0 Å². The molecule has 1 aliphatic heterocycles. The van der Waals surface area contributed by atoms with E-state index in [2.05, 4.69) is 10.6 Å². The fourth-order valence-electron chi connectivity index (χ4n) is 3.37. The van der Waals surface area contributed by atoms with E-state index in [0.29, 0.717) is 36.6 Å². The molecule has 0 saturated heterocycles. The van der Waals surface area contributed by atoms with Gasteiger partial charge in [0.2, 0.25) is 5.91 Å². The van der Waals surface area contributed by atoms with E-state index in [1.54, 1.807) is 24.3 Å². The number of nitro groups is 1. The number of rotatable bonds is 10. The van der Waals surface area contributed by atoms with Gasteiger partial charge in [0.05, 0.1) is 10.5 Å². The average molecular weight is 452 g/mol. The number of benzene rings is 2. The van der Waals surface area contributed by atoms with Crippen molar-refractivity contribution in [1.29, 1.82) is 0 Å². The first kappa shape index (κ1) is 23.6. The van der Waals surface area contributed by atoms with E-state index in [9.17, 15) is 24.5 Å². The van der Waals surface area contributed by atoms with Gasteiger partial charge in [-0.3, -0.25) is 29.4 Å². The Kier molecular flexibility index (Phi) is 7.52. The average Bonchev–Trinajstić information content (AvgIpc) is 3.01. The highest BCUT2D eigenvalue weighted by Gasteiger charge is 2.39. The Morgan fingerprint density at radius 2 is 1.67 bits per heavy atom. The van der Waals surface area contributed by atoms with Crippen LogP contribution in [0.1, 0.15) is 25.8 Å². The van der Waals surface area contributed by atoms with Crippen molar-refractivity contribution in [3.8, 4) is 0 Å². The van der Waals surface area contributed by atoms with E-state index >= 15 is 0 Å². The molecule has 10 heteroatoms. The summed E-state index contributed by atoms with van der Waals surface area (Å²) in [5.41, 5.74) is 1.62. The minimum Gasteiger partial charge on any atom is -0.382 e. The minimum absolute atomic E-state index is 0.0811. The summed E-state index contributed by atoms with van der Waals surface area (Å²) >= 11 is 0. The third kappa shape index (κ3) is 5.60. The van der Waals surface area contributed by atoms with Gasteiger partial charge in [-0.15, -0.1) is 0 Å². The van der Waals surface area contributed by atoms with Crippen molar-refractivity contribution in [2.45, 2.75) is 20.3 Å². The van der Waals surface area contributed by atoms with Gasteiger partial charge in [-0.05, 0) is 55.3 Å². The Morgan fingerprint density at radius 3 is 2.24 bits per heavy atom. The molecule has 0 atom stereocenters. The third-order valence-electron chi connectivity index (χ3n) is 4.88. The van der Waals surface area contributed by atoms with Gasteiger partial charge in [-0.25, -0.2) is 0 Å². The lowest BCUT2D eigenvalue weighted by Crippen LogP contribution is -2.34. The van der Waals surface area contributed by atoms with Crippen LogP contribution in [0.4, 0.5) is 17.1 Å². The number of nitro benzene ring substituents is 1. The zero-order valence-electron chi connectivity index (χ0n) is 18.3. The largest absolute Gasteiger partial charge is 0.382 e. The van der Waals surface area contributed by atoms with Crippen LogP contribution in [0.15, 0.2) is 54.2 Å². The quantitative estimate of drug-likeness (QED) is 0.245. The van der Waals surface area contributed by atoms with Crippen LogP contribution in [0.3, 0.4) is 0 Å². The van der Waals surface area contributed by atoms with E-state index in [4.69, 9.17) is 4.74 Å². The summed E-state index contributed by atoms with van der Waals surface area (Å²) in [6.45, 7) is 4.39. The normalized spacial score (nSPS) is 13.5. The maximum atomic E-state index is 13.2. The first-order valence-electron chi connectivity index (χ1n) is 10.4. The molecule has 172 valence electrons. The third-order valence-corrected chi connectivity index (χ3v) is 4.88. The van der Waals surface area contributed by atoms with Gasteiger partial charge in [0.1, 0.15) is 5.70 Å². The van der Waals surface area contributed by atoms with Crippen molar-refractivity contribution in [3.63, 3.8) is 0 Å². The molecule has 0 unspecified atom stereocenters. The van der Waals surface area contributed by atoms with E-state index in [1.807, 2.05) is 6.92 Å². The predicted octanol–water partition coefficient (Wildman–Crippen LogP) is 3.17. The highest BCUT2D eigenvalue weighted by molar-refractivity contribution is 6.36. The fourth-order valence-corrected chi connectivity index (χ4v) is 3.37. The van der Waals surface area contributed by atoms with Gasteiger partial charge in [-0.1, -0.05) is 0 Å². The summed E-state index contributed by atoms with van der Waals surface area (Å²) < 4.78 is 5.30. The molecule has 1 heterocycles. The fraction of sp³-hybridized carbons (Fsp3) is 0.261. The van der Waals surface area contributed by atoms with Crippen molar-refractivity contribution in [2.24, 2.45) is 0 Å². The number of carbonyl (C=O) groups excluding carboxylic acids is 3. The molecule has 0 radical (unpaired) electrons. The van der Waals surface area contributed by atoms with E-state index in [-0.39, 0.29) is 29.4 Å². The number of anilines is 2. The molecule has 33 heavy (non-hydrogen) atoms. The molecule has 3 rings (SSSR count). The van der Waals surface area contributed by atoms with E-state index < -0.39 is 16.7 Å². The first-order chi connectivity index (χ1) is 15.8. The molecule has 2 aromatic carbocycles. The van der Waals surface area contributed by atoms with Gasteiger partial charge < -0.3 is 15.4 Å². The van der Waals surface area contributed by atoms with Crippen LogP contribution >= 0.6 is 0 Å². The Balaban J connectivity index is 1.92. The Bertz CT molecular complexity index is 1090. The van der Waals surface area contributed by atoms with Crippen LogP contribution in [0.5, 0.6) is 0 Å². The van der Waals surface area contributed by atoms with Gasteiger partial charge >= 0.3 is 0 Å². The second-order valence-electron chi connectivity index (χ2n) is 7.25. The minimum atomic E-state index is -0.532. The number of nitrogens with one attached hydrogen (secondary N) is 2. The maximum Gasteiger partial charge on any atom is 0.278 e. The molecule has 0 fully saturated rings. The van der Waals surface area contributed by atoms with E-state index in [0.717, 1.165) is 4.90 Å². The number of hydrogen-bond acceptors (Lipinski definition) is 7. The van der Waals surface area contributed by atoms with Crippen molar-refractivity contribution < 1.29 is 24.0 Å². The molecular formula is C23H24N4O6. The van der Waals surface area contributed by atoms with Crippen LogP contribution in [0, 0.1) is 10.1 Å². The van der Waals surface area contributed by atoms with Gasteiger partial charge in [0.15, 0.2) is 0 Å². The molecule has 3 amide bonds. The lowest BCUT2D eigenvalue weighted by Gasteiger charge is -2.15. The van der Waals surface area contributed by atoms with Crippen molar-refractivity contribution in [2.75, 3.05) is 30.4 Å². The summed E-state index contributed by atoms with van der Waals surface area (Å²) in [7, 11) is 0. The Morgan fingerprint density at radius 1 is 1.03 bits per heavy atom. The Hall–Kier alpha value is -4.05. The molecule has 0 spiro atoms. The number of ether oxygens (including phenoxy) is 1. The van der Waals surface area contributed by atoms with Crippen LogP contribution in [-0.4, -0.2) is 47.3 Å². The van der Waals surface area contributed by atoms with Crippen LogP contribution < -0.4 is 10.6 Å². The molecule has 0 aliphatic carbocycles. The number of imide groups is 1.